The summed E-state index contributed by atoms with van der Waals surface area (Å²) in [6, 6.07) is 13.4. The molecule has 9 heteroatoms. The number of methoxy groups -OCH3 is 1. The summed E-state index contributed by atoms with van der Waals surface area (Å²) >= 11 is 1.48. The monoisotopic (exact) mass is 397 g/mol. The standard InChI is InChI=1S/C19H16FN5O2S/c1-26-17-4-2-3-13(9-17)19-22-24-25(23-19)10-15-12-28-18(21-15)11-27-16-7-5-14(20)6-8-16/h2-9,12H,10-11H2,1H3. The predicted molar refractivity (Wildman–Crippen MR) is 102 cm³/mol. The molecular weight excluding hydrogens is 381 g/mol. The number of hydrogen-bond donors (Lipinski definition) is 0. The van der Waals surface area contributed by atoms with E-state index in [2.05, 4.69) is 20.4 Å². The van der Waals surface area contributed by atoms with E-state index in [-0.39, 0.29) is 5.82 Å². The summed E-state index contributed by atoms with van der Waals surface area (Å²) in [6.45, 7) is 0.722. The third-order valence-electron chi connectivity index (χ3n) is 3.86. The van der Waals surface area contributed by atoms with Gasteiger partial charge in [0.15, 0.2) is 0 Å². The lowest BCUT2D eigenvalue weighted by molar-refractivity contribution is 0.304. The van der Waals surface area contributed by atoms with Crippen molar-refractivity contribution < 1.29 is 13.9 Å². The summed E-state index contributed by atoms with van der Waals surface area (Å²) in [4.78, 5) is 6.01. The molecule has 2 aromatic carbocycles. The molecule has 0 aliphatic carbocycles. The lowest BCUT2D eigenvalue weighted by Crippen LogP contribution is -2.05. The Bertz CT molecular complexity index is 1060. The van der Waals surface area contributed by atoms with Gasteiger partial charge < -0.3 is 9.47 Å². The van der Waals surface area contributed by atoms with Crippen molar-refractivity contribution >= 4 is 11.3 Å². The lowest BCUT2D eigenvalue weighted by Gasteiger charge is -2.03. The zero-order chi connectivity index (χ0) is 19.3. The van der Waals surface area contributed by atoms with Crippen LogP contribution in [0.1, 0.15) is 10.7 Å². The molecule has 0 atom stereocenters. The molecular formula is C19H16FN5O2S. The average molecular weight is 397 g/mol. The van der Waals surface area contributed by atoms with Crippen LogP contribution in [0.4, 0.5) is 4.39 Å². The van der Waals surface area contributed by atoms with E-state index < -0.39 is 0 Å². The fourth-order valence-electron chi connectivity index (χ4n) is 2.50. The van der Waals surface area contributed by atoms with Crippen molar-refractivity contribution in [2.75, 3.05) is 7.11 Å². The van der Waals surface area contributed by atoms with E-state index in [0.717, 1.165) is 22.0 Å². The molecule has 7 nitrogen and oxygen atoms in total. The Hall–Kier alpha value is -3.33. The number of benzene rings is 2. The number of rotatable bonds is 7. The predicted octanol–water partition coefficient (Wildman–Crippen LogP) is 3.57. The SMILES string of the molecule is COc1cccc(-c2nnn(Cc3csc(COc4ccc(F)cc4)n3)n2)c1. The second-order valence-electron chi connectivity index (χ2n) is 5.85. The van der Waals surface area contributed by atoms with Gasteiger partial charge in [-0.1, -0.05) is 12.1 Å². The van der Waals surface area contributed by atoms with Crippen molar-refractivity contribution in [3.63, 3.8) is 0 Å². The molecule has 0 radical (unpaired) electrons. The second kappa shape index (κ2) is 8.13. The van der Waals surface area contributed by atoms with Crippen LogP contribution in [0.2, 0.25) is 0 Å². The normalized spacial score (nSPS) is 10.8. The highest BCUT2D eigenvalue weighted by atomic mass is 32.1. The van der Waals surface area contributed by atoms with Crippen LogP contribution >= 0.6 is 11.3 Å². The molecule has 4 aromatic rings. The van der Waals surface area contributed by atoms with Crippen molar-refractivity contribution in [1.29, 1.82) is 0 Å². The minimum atomic E-state index is -0.294. The van der Waals surface area contributed by atoms with Crippen LogP contribution in [0, 0.1) is 5.82 Å². The van der Waals surface area contributed by atoms with Crippen molar-refractivity contribution in [3.8, 4) is 22.9 Å². The highest BCUT2D eigenvalue weighted by molar-refractivity contribution is 7.09. The molecule has 4 rings (SSSR count). The summed E-state index contributed by atoms with van der Waals surface area (Å²) < 4.78 is 23.8. The highest BCUT2D eigenvalue weighted by Crippen LogP contribution is 2.20. The first-order chi connectivity index (χ1) is 13.7. The molecule has 0 unspecified atom stereocenters. The summed E-state index contributed by atoms with van der Waals surface area (Å²) in [5, 5.41) is 15.3. The maximum Gasteiger partial charge on any atom is 0.205 e. The summed E-state index contributed by atoms with van der Waals surface area (Å²) in [5.74, 6) is 1.56. The van der Waals surface area contributed by atoms with Crippen LogP contribution in [-0.2, 0) is 13.2 Å². The largest absolute Gasteiger partial charge is 0.497 e. The van der Waals surface area contributed by atoms with Crippen molar-refractivity contribution in [1.82, 2.24) is 25.2 Å². The zero-order valence-corrected chi connectivity index (χ0v) is 15.8. The van der Waals surface area contributed by atoms with Gasteiger partial charge in [0.2, 0.25) is 5.82 Å². The molecule has 2 heterocycles. The molecule has 0 fully saturated rings. The Kier molecular flexibility index (Phi) is 5.24. The average Bonchev–Trinajstić information content (AvgIpc) is 3.37. The Balaban J connectivity index is 1.38. The number of aromatic nitrogens is 5. The van der Waals surface area contributed by atoms with Gasteiger partial charge in [-0.3, -0.25) is 0 Å². The van der Waals surface area contributed by atoms with Gasteiger partial charge in [0, 0.05) is 10.9 Å². The molecule has 0 saturated heterocycles. The summed E-state index contributed by atoms with van der Waals surface area (Å²) in [5.41, 5.74) is 1.65. The first-order valence-electron chi connectivity index (χ1n) is 8.43. The van der Waals surface area contributed by atoms with E-state index in [1.54, 1.807) is 19.2 Å². The van der Waals surface area contributed by atoms with Crippen LogP contribution in [-0.4, -0.2) is 32.3 Å². The molecule has 0 spiro atoms. The van der Waals surface area contributed by atoms with Crippen molar-refractivity contribution in [2.45, 2.75) is 13.2 Å². The Labute approximate surface area is 164 Å². The number of tetrazole rings is 1. The molecule has 2 aromatic heterocycles. The van der Waals surface area contributed by atoms with Crippen LogP contribution in [0.15, 0.2) is 53.9 Å². The molecule has 0 N–H and O–H groups in total. The molecule has 28 heavy (non-hydrogen) atoms. The highest BCUT2D eigenvalue weighted by Gasteiger charge is 2.10. The Morgan fingerprint density at radius 1 is 1.11 bits per heavy atom. The van der Waals surface area contributed by atoms with E-state index in [1.807, 2.05) is 29.6 Å². The van der Waals surface area contributed by atoms with Gasteiger partial charge in [-0.25, -0.2) is 9.37 Å². The molecule has 0 aliphatic rings. The van der Waals surface area contributed by atoms with Crippen LogP contribution in [0.25, 0.3) is 11.4 Å². The molecule has 0 saturated carbocycles. The van der Waals surface area contributed by atoms with Gasteiger partial charge in [-0.2, -0.15) is 4.80 Å². The van der Waals surface area contributed by atoms with E-state index >= 15 is 0 Å². The number of thiazole rings is 1. The van der Waals surface area contributed by atoms with Crippen LogP contribution in [0.5, 0.6) is 11.5 Å². The fraction of sp³-hybridized carbons (Fsp3) is 0.158. The van der Waals surface area contributed by atoms with Gasteiger partial charge in [0.25, 0.3) is 0 Å². The van der Waals surface area contributed by atoms with Crippen LogP contribution < -0.4 is 9.47 Å². The fourth-order valence-corrected chi connectivity index (χ4v) is 3.19. The third-order valence-corrected chi connectivity index (χ3v) is 4.73. The first-order valence-corrected chi connectivity index (χ1v) is 9.31. The summed E-state index contributed by atoms with van der Waals surface area (Å²) in [7, 11) is 1.61. The molecule has 0 amide bonds. The maximum atomic E-state index is 12.9. The maximum absolute atomic E-state index is 12.9. The van der Waals surface area contributed by atoms with Gasteiger partial charge in [0.05, 0.1) is 12.8 Å². The van der Waals surface area contributed by atoms with Crippen molar-refractivity contribution in [3.05, 3.63) is 70.4 Å². The third kappa shape index (κ3) is 4.32. The number of nitrogens with zero attached hydrogens (tertiary/aromatic N) is 5. The zero-order valence-electron chi connectivity index (χ0n) is 14.9. The minimum Gasteiger partial charge on any atom is -0.497 e. The summed E-state index contributed by atoms with van der Waals surface area (Å²) in [6.07, 6.45) is 0. The van der Waals surface area contributed by atoms with Crippen molar-refractivity contribution in [2.24, 2.45) is 0 Å². The van der Waals surface area contributed by atoms with Gasteiger partial charge in [0.1, 0.15) is 35.5 Å². The first kappa shape index (κ1) is 18.1. The number of hydrogen-bond acceptors (Lipinski definition) is 7. The quantitative estimate of drug-likeness (QED) is 0.475. The molecule has 142 valence electrons. The Morgan fingerprint density at radius 3 is 2.79 bits per heavy atom. The number of halogens is 1. The van der Waals surface area contributed by atoms with Gasteiger partial charge in [-0.05, 0) is 41.6 Å². The number of ether oxygens (including phenoxy) is 2. The van der Waals surface area contributed by atoms with Gasteiger partial charge >= 0.3 is 0 Å². The van der Waals surface area contributed by atoms with E-state index in [1.165, 1.54) is 28.3 Å². The minimum absolute atomic E-state index is 0.294. The smallest absolute Gasteiger partial charge is 0.205 e. The molecule has 0 aliphatic heterocycles. The van der Waals surface area contributed by atoms with E-state index in [0.29, 0.717) is 24.7 Å². The van der Waals surface area contributed by atoms with Crippen LogP contribution in [0.3, 0.4) is 0 Å². The van der Waals surface area contributed by atoms with E-state index in [4.69, 9.17) is 9.47 Å². The topological polar surface area (TPSA) is 75.0 Å². The second-order valence-corrected chi connectivity index (χ2v) is 6.79. The van der Waals surface area contributed by atoms with E-state index in [9.17, 15) is 4.39 Å². The lowest BCUT2D eigenvalue weighted by atomic mass is 10.2. The van der Waals surface area contributed by atoms with Gasteiger partial charge in [-0.15, -0.1) is 21.5 Å². The molecule has 0 bridgehead atoms. The Morgan fingerprint density at radius 2 is 1.96 bits per heavy atom.